The molecule has 1 saturated carbocycles. The van der Waals surface area contributed by atoms with Gasteiger partial charge in [0.05, 0.1) is 17.8 Å². The highest BCUT2D eigenvalue weighted by Gasteiger charge is 2.25. The van der Waals surface area contributed by atoms with Crippen molar-refractivity contribution in [2.45, 2.75) is 25.4 Å². The second kappa shape index (κ2) is 5.01. The van der Waals surface area contributed by atoms with Gasteiger partial charge in [0, 0.05) is 23.4 Å². The lowest BCUT2D eigenvalue weighted by Crippen LogP contribution is -2.32. The quantitative estimate of drug-likeness (QED) is 0.780. The molecule has 0 saturated heterocycles. The fraction of sp³-hybridized carbons (Fsp3) is 0.429. The zero-order valence-corrected chi connectivity index (χ0v) is 10.6. The average molecular weight is 259 g/mol. The zero-order chi connectivity index (χ0) is 13.2. The first-order chi connectivity index (χ1) is 9.24. The molecule has 5 nitrogen and oxygen atoms in total. The van der Waals surface area contributed by atoms with Gasteiger partial charge < -0.3 is 10.4 Å². The summed E-state index contributed by atoms with van der Waals surface area (Å²) in [4.78, 5) is 12.0. The van der Waals surface area contributed by atoms with Crippen LogP contribution in [-0.2, 0) is 0 Å². The van der Waals surface area contributed by atoms with Crippen LogP contribution in [0, 0.1) is 5.92 Å². The molecular formula is C14H17N3O2. The van der Waals surface area contributed by atoms with Crippen molar-refractivity contribution in [2.24, 2.45) is 5.92 Å². The fourth-order valence-corrected chi connectivity index (χ4v) is 2.66. The van der Waals surface area contributed by atoms with Crippen molar-refractivity contribution in [1.82, 2.24) is 15.5 Å². The van der Waals surface area contributed by atoms with E-state index in [0.29, 0.717) is 12.1 Å². The number of nitrogens with one attached hydrogen (secondary N) is 2. The Morgan fingerprint density at radius 1 is 1.47 bits per heavy atom. The van der Waals surface area contributed by atoms with E-state index < -0.39 is 0 Å². The van der Waals surface area contributed by atoms with Crippen LogP contribution in [0.25, 0.3) is 10.9 Å². The van der Waals surface area contributed by atoms with Crippen LogP contribution < -0.4 is 5.32 Å². The van der Waals surface area contributed by atoms with Crippen molar-refractivity contribution in [3.8, 4) is 0 Å². The van der Waals surface area contributed by atoms with Crippen LogP contribution in [0.3, 0.4) is 0 Å². The Bertz CT molecular complexity index is 593. The number of carbonyl (C=O) groups excluding carboxylic acids is 1. The Morgan fingerprint density at radius 3 is 3.16 bits per heavy atom. The van der Waals surface area contributed by atoms with Crippen molar-refractivity contribution in [2.75, 3.05) is 6.54 Å². The number of benzene rings is 1. The molecular weight excluding hydrogens is 242 g/mol. The molecule has 1 aliphatic rings. The molecule has 19 heavy (non-hydrogen) atoms. The zero-order valence-electron chi connectivity index (χ0n) is 10.6. The smallest absolute Gasteiger partial charge is 0.251 e. The Balaban J connectivity index is 1.66. The van der Waals surface area contributed by atoms with E-state index in [1.165, 1.54) is 0 Å². The van der Waals surface area contributed by atoms with Gasteiger partial charge in [0.25, 0.3) is 5.91 Å². The van der Waals surface area contributed by atoms with Crippen molar-refractivity contribution in [3.63, 3.8) is 0 Å². The lowest BCUT2D eigenvalue weighted by atomic mass is 10.1. The van der Waals surface area contributed by atoms with E-state index >= 15 is 0 Å². The van der Waals surface area contributed by atoms with Gasteiger partial charge in [-0.05, 0) is 25.0 Å². The number of H-pyrrole nitrogens is 1. The predicted molar refractivity (Wildman–Crippen MR) is 71.8 cm³/mol. The van der Waals surface area contributed by atoms with E-state index in [1.807, 2.05) is 6.07 Å². The number of fused-ring (bicyclic) bond motifs is 1. The summed E-state index contributed by atoms with van der Waals surface area (Å²) in [5.74, 6) is 0.0930. The minimum atomic E-state index is -0.268. The summed E-state index contributed by atoms with van der Waals surface area (Å²) in [5.41, 5.74) is 1.47. The molecule has 1 aromatic heterocycles. The summed E-state index contributed by atoms with van der Waals surface area (Å²) in [7, 11) is 0. The maximum atomic E-state index is 12.0. The van der Waals surface area contributed by atoms with Crippen LogP contribution in [0.5, 0.6) is 0 Å². The van der Waals surface area contributed by atoms with Gasteiger partial charge in [0.15, 0.2) is 0 Å². The van der Waals surface area contributed by atoms with Crippen LogP contribution in [0.15, 0.2) is 24.4 Å². The lowest BCUT2D eigenvalue weighted by molar-refractivity contribution is 0.0917. The van der Waals surface area contributed by atoms with E-state index in [2.05, 4.69) is 15.5 Å². The van der Waals surface area contributed by atoms with Crippen molar-refractivity contribution < 1.29 is 9.90 Å². The third kappa shape index (κ3) is 2.46. The number of aliphatic hydroxyl groups excluding tert-OH is 1. The summed E-state index contributed by atoms with van der Waals surface area (Å²) in [6.45, 7) is 0.543. The lowest BCUT2D eigenvalue weighted by Gasteiger charge is -2.15. The van der Waals surface area contributed by atoms with Crippen LogP contribution in [-0.4, -0.2) is 33.9 Å². The molecule has 0 bridgehead atoms. The van der Waals surface area contributed by atoms with E-state index in [9.17, 15) is 9.90 Å². The third-order valence-electron chi connectivity index (χ3n) is 3.85. The van der Waals surface area contributed by atoms with Crippen molar-refractivity contribution >= 4 is 16.8 Å². The summed E-state index contributed by atoms with van der Waals surface area (Å²) < 4.78 is 0. The molecule has 2 atom stereocenters. The molecule has 100 valence electrons. The number of carbonyl (C=O) groups is 1. The number of aromatic nitrogens is 2. The number of nitrogens with zero attached hydrogens (tertiary/aromatic N) is 1. The van der Waals surface area contributed by atoms with E-state index in [1.54, 1.807) is 18.3 Å². The highest BCUT2D eigenvalue weighted by atomic mass is 16.3. The van der Waals surface area contributed by atoms with Gasteiger partial charge in [0.1, 0.15) is 0 Å². The Kier molecular flexibility index (Phi) is 3.21. The molecule has 1 heterocycles. The summed E-state index contributed by atoms with van der Waals surface area (Å²) in [5, 5.41) is 20.4. The molecule has 1 fully saturated rings. The molecule has 2 aromatic rings. The first-order valence-electron chi connectivity index (χ1n) is 6.63. The van der Waals surface area contributed by atoms with Crippen LogP contribution in [0.4, 0.5) is 0 Å². The van der Waals surface area contributed by atoms with Gasteiger partial charge in [-0.1, -0.05) is 12.5 Å². The van der Waals surface area contributed by atoms with E-state index in [0.717, 1.165) is 30.2 Å². The highest BCUT2D eigenvalue weighted by molar-refractivity contribution is 5.97. The normalized spacial score (nSPS) is 22.8. The van der Waals surface area contributed by atoms with E-state index in [4.69, 9.17) is 0 Å². The number of amides is 1. The molecule has 0 spiro atoms. The monoisotopic (exact) mass is 259 g/mol. The predicted octanol–water partition coefficient (Wildman–Crippen LogP) is 1.45. The minimum absolute atomic E-state index is 0.101. The molecule has 3 N–H and O–H groups in total. The Labute approximate surface area is 111 Å². The first-order valence-corrected chi connectivity index (χ1v) is 6.63. The second-order valence-electron chi connectivity index (χ2n) is 5.14. The van der Waals surface area contributed by atoms with Gasteiger partial charge in [-0.2, -0.15) is 5.10 Å². The Hall–Kier alpha value is -1.88. The summed E-state index contributed by atoms with van der Waals surface area (Å²) in [6.07, 6.45) is 4.34. The highest BCUT2D eigenvalue weighted by Crippen LogP contribution is 2.24. The van der Waals surface area contributed by atoms with Gasteiger partial charge >= 0.3 is 0 Å². The van der Waals surface area contributed by atoms with Gasteiger partial charge in [-0.15, -0.1) is 0 Å². The molecule has 3 rings (SSSR count). The molecule has 0 aliphatic heterocycles. The number of hydrogen-bond donors (Lipinski definition) is 3. The number of rotatable bonds is 3. The summed E-state index contributed by atoms with van der Waals surface area (Å²) in [6, 6.07) is 5.46. The summed E-state index contributed by atoms with van der Waals surface area (Å²) >= 11 is 0. The van der Waals surface area contributed by atoms with E-state index in [-0.39, 0.29) is 17.9 Å². The SMILES string of the molecule is O=C(NCC1CCCC1O)c1ccc2cn[nH]c2c1. The molecule has 1 aliphatic carbocycles. The van der Waals surface area contributed by atoms with Crippen LogP contribution >= 0.6 is 0 Å². The van der Waals surface area contributed by atoms with Gasteiger partial charge in [0.2, 0.25) is 0 Å². The standard InChI is InChI=1S/C14H17N3O2/c18-13-3-1-2-11(13)7-15-14(19)9-4-5-10-8-16-17-12(10)6-9/h4-6,8,11,13,18H,1-3,7H2,(H,15,19)(H,16,17). The first kappa shape index (κ1) is 12.2. The van der Waals surface area contributed by atoms with Crippen molar-refractivity contribution in [3.05, 3.63) is 30.0 Å². The third-order valence-corrected chi connectivity index (χ3v) is 3.85. The molecule has 1 aromatic carbocycles. The molecule has 5 heteroatoms. The number of aliphatic hydroxyl groups is 1. The molecule has 2 unspecified atom stereocenters. The van der Waals surface area contributed by atoms with Crippen LogP contribution in [0.1, 0.15) is 29.6 Å². The van der Waals surface area contributed by atoms with Gasteiger partial charge in [-0.25, -0.2) is 0 Å². The maximum absolute atomic E-state index is 12.0. The fourth-order valence-electron chi connectivity index (χ4n) is 2.66. The largest absolute Gasteiger partial charge is 0.393 e. The second-order valence-corrected chi connectivity index (χ2v) is 5.14. The van der Waals surface area contributed by atoms with Gasteiger partial charge in [-0.3, -0.25) is 9.89 Å². The number of aromatic amines is 1. The average Bonchev–Trinajstić information content (AvgIpc) is 3.03. The molecule has 0 radical (unpaired) electrons. The molecule has 1 amide bonds. The van der Waals surface area contributed by atoms with Crippen molar-refractivity contribution in [1.29, 1.82) is 0 Å². The number of hydrogen-bond acceptors (Lipinski definition) is 3. The maximum Gasteiger partial charge on any atom is 0.251 e. The minimum Gasteiger partial charge on any atom is -0.393 e. The Morgan fingerprint density at radius 2 is 2.37 bits per heavy atom. The van der Waals surface area contributed by atoms with Crippen LogP contribution in [0.2, 0.25) is 0 Å². The topological polar surface area (TPSA) is 78.0 Å².